The van der Waals surface area contributed by atoms with E-state index in [0.717, 1.165) is 17.3 Å². The standard InChI is InChI=1S/C20H24ClN3O5S/c1-22-30(27,28)16-9-10-18(21)17(11-16)20(26)29-13-19(25)24(4)12-14-5-7-15(8-6-14)23(2)3/h5-11,22H,12-13H2,1-4H3. The number of hydrogen-bond donors (Lipinski definition) is 1. The summed E-state index contributed by atoms with van der Waals surface area (Å²) in [4.78, 5) is 27.9. The normalized spacial score (nSPS) is 11.1. The lowest BCUT2D eigenvalue weighted by Crippen LogP contribution is -2.31. The fraction of sp³-hybridized carbons (Fsp3) is 0.300. The van der Waals surface area contributed by atoms with Crippen molar-refractivity contribution in [2.45, 2.75) is 11.4 Å². The Kier molecular flexibility index (Phi) is 7.83. The lowest BCUT2D eigenvalue weighted by Gasteiger charge is -2.18. The number of benzene rings is 2. The SMILES string of the molecule is CNS(=O)(=O)c1ccc(Cl)c(C(=O)OCC(=O)N(C)Cc2ccc(N(C)C)cc2)c1. The molecule has 8 nitrogen and oxygen atoms in total. The lowest BCUT2D eigenvalue weighted by atomic mass is 10.2. The monoisotopic (exact) mass is 453 g/mol. The minimum Gasteiger partial charge on any atom is -0.452 e. The Hall–Kier alpha value is -2.62. The van der Waals surface area contributed by atoms with Crippen molar-refractivity contribution in [1.82, 2.24) is 9.62 Å². The summed E-state index contributed by atoms with van der Waals surface area (Å²) < 4.78 is 31.0. The first kappa shape index (κ1) is 23.7. The second-order valence-corrected chi connectivity index (χ2v) is 9.03. The van der Waals surface area contributed by atoms with E-state index >= 15 is 0 Å². The minimum atomic E-state index is -3.75. The van der Waals surface area contributed by atoms with Crippen molar-refractivity contribution in [1.29, 1.82) is 0 Å². The average Bonchev–Trinajstić information content (AvgIpc) is 2.72. The number of sulfonamides is 1. The highest BCUT2D eigenvalue weighted by Gasteiger charge is 2.20. The maximum atomic E-state index is 12.3. The van der Waals surface area contributed by atoms with Crippen LogP contribution in [0.3, 0.4) is 0 Å². The third-order valence-electron chi connectivity index (χ3n) is 4.36. The van der Waals surface area contributed by atoms with Crippen LogP contribution in [0.2, 0.25) is 5.02 Å². The van der Waals surface area contributed by atoms with E-state index < -0.39 is 28.5 Å². The van der Waals surface area contributed by atoms with Crippen LogP contribution in [0.25, 0.3) is 0 Å². The Morgan fingerprint density at radius 2 is 1.70 bits per heavy atom. The molecule has 0 atom stereocenters. The molecule has 0 aliphatic heterocycles. The number of likely N-dealkylation sites (N-methyl/N-ethyl adjacent to an activating group) is 1. The summed E-state index contributed by atoms with van der Waals surface area (Å²) in [6, 6.07) is 11.4. The third-order valence-corrected chi connectivity index (χ3v) is 6.10. The smallest absolute Gasteiger partial charge is 0.340 e. The number of amides is 1. The van der Waals surface area contributed by atoms with Gasteiger partial charge in [-0.2, -0.15) is 0 Å². The van der Waals surface area contributed by atoms with Gasteiger partial charge in [0, 0.05) is 33.4 Å². The molecule has 0 unspecified atom stereocenters. The van der Waals surface area contributed by atoms with Gasteiger partial charge in [0.25, 0.3) is 5.91 Å². The minimum absolute atomic E-state index is 0.0249. The molecule has 0 saturated heterocycles. The number of carbonyl (C=O) groups is 2. The molecule has 0 bridgehead atoms. The van der Waals surface area contributed by atoms with E-state index in [9.17, 15) is 18.0 Å². The van der Waals surface area contributed by atoms with Crippen molar-refractivity contribution in [3.8, 4) is 0 Å². The number of anilines is 1. The Balaban J connectivity index is 2.00. The molecule has 0 fully saturated rings. The van der Waals surface area contributed by atoms with Gasteiger partial charge in [-0.05, 0) is 42.9 Å². The number of halogens is 1. The zero-order chi connectivity index (χ0) is 22.5. The molecule has 0 aliphatic rings. The first-order valence-electron chi connectivity index (χ1n) is 8.95. The van der Waals surface area contributed by atoms with Gasteiger partial charge in [0.2, 0.25) is 10.0 Å². The van der Waals surface area contributed by atoms with Crippen LogP contribution in [0, 0.1) is 0 Å². The van der Waals surface area contributed by atoms with Crippen LogP contribution >= 0.6 is 11.6 Å². The molecular weight excluding hydrogens is 430 g/mol. The second kappa shape index (κ2) is 9.92. The van der Waals surface area contributed by atoms with Gasteiger partial charge in [0.05, 0.1) is 15.5 Å². The van der Waals surface area contributed by atoms with Crippen LogP contribution in [0.5, 0.6) is 0 Å². The van der Waals surface area contributed by atoms with E-state index in [-0.39, 0.29) is 15.5 Å². The summed E-state index contributed by atoms with van der Waals surface area (Å²) in [6.45, 7) is -0.148. The molecule has 2 aromatic carbocycles. The van der Waals surface area contributed by atoms with Crippen molar-refractivity contribution >= 4 is 39.2 Å². The van der Waals surface area contributed by atoms with Crippen molar-refractivity contribution in [2.75, 3.05) is 39.7 Å². The molecule has 1 amide bonds. The summed E-state index contributed by atoms with van der Waals surface area (Å²) >= 11 is 5.99. The molecule has 10 heteroatoms. The van der Waals surface area contributed by atoms with Crippen LogP contribution in [-0.4, -0.2) is 60.0 Å². The Morgan fingerprint density at radius 3 is 2.27 bits per heavy atom. The Morgan fingerprint density at radius 1 is 1.07 bits per heavy atom. The molecule has 1 N–H and O–H groups in total. The zero-order valence-electron chi connectivity index (χ0n) is 17.2. The van der Waals surface area contributed by atoms with Crippen molar-refractivity contribution in [3.05, 3.63) is 58.6 Å². The van der Waals surface area contributed by atoms with Crippen LogP contribution in [-0.2, 0) is 26.1 Å². The lowest BCUT2D eigenvalue weighted by molar-refractivity contribution is -0.133. The predicted molar refractivity (Wildman–Crippen MR) is 115 cm³/mol. The summed E-state index contributed by atoms with van der Waals surface area (Å²) in [6.07, 6.45) is 0. The molecule has 2 rings (SSSR count). The van der Waals surface area contributed by atoms with Gasteiger partial charge in [0.15, 0.2) is 6.61 Å². The molecular formula is C20H24ClN3O5S. The number of esters is 1. The molecule has 0 saturated carbocycles. The Labute approximate surface area is 181 Å². The van der Waals surface area contributed by atoms with Gasteiger partial charge in [0.1, 0.15) is 0 Å². The highest BCUT2D eigenvalue weighted by molar-refractivity contribution is 7.89. The van der Waals surface area contributed by atoms with Crippen molar-refractivity contribution in [3.63, 3.8) is 0 Å². The van der Waals surface area contributed by atoms with Crippen LogP contribution < -0.4 is 9.62 Å². The number of rotatable bonds is 8. The average molecular weight is 454 g/mol. The molecule has 0 aromatic heterocycles. The van der Waals surface area contributed by atoms with Gasteiger partial charge >= 0.3 is 5.97 Å². The van der Waals surface area contributed by atoms with E-state index in [2.05, 4.69) is 4.72 Å². The third kappa shape index (κ3) is 5.94. The van der Waals surface area contributed by atoms with Crippen molar-refractivity contribution in [2.24, 2.45) is 0 Å². The highest BCUT2D eigenvalue weighted by Crippen LogP contribution is 2.21. The molecule has 0 radical (unpaired) electrons. The maximum Gasteiger partial charge on any atom is 0.340 e. The Bertz CT molecular complexity index is 1020. The van der Waals surface area contributed by atoms with Gasteiger partial charge in [-0.25, -0.2) is 17.9 Å². The van der Waals surface area contributed by atoms with E-state index in [1.54, 1.807) is 7.05 Å². The number of carbonyl (C=O) groups excluding carboxylic acids is 2. The largest absolute Gasteiger partial charge is 0.452 e. The van der Waals surface area contributed by atoms with Crippen molar-refractivity contribution < 1.29 is 22.7 Å². The zero-order valence-corrected chi connectivity index (χ0v) is 18.7. The van der Waals surface area contributed by atoms with E-state index in [0.29, 0.717) is 6.54 Å². The summed E-state index contributed by atoms with van der Waals surface area (Å²) in [5.41, 5.74) is 1.83. The van der Waals surface area contributed by atoms with Gasteiger partial charge in [-0.3, -0.25) is 4.79 Å². The van der Waals surface area contributed by atoms with E-state index in [1.165, 1.54) is 24.1 Å². The molecule has 2 aromatic rings. The molecule has 30 heavy (non-hydrogen) atoms. The summed E-state index contributed by atoms with van der Waals surface area (Å²) in [5, 5.41) is 0.0249. The fourth-order valence-corrected chi connectivity index (χ4v) is 3.47. The molecule has 0 heterocycles. The van der Waals surface area contributed by atoms with Crippen LogP contribution in [0.15, 0.2) is 47.4 Å². The summed E-state index contributed by atoms with van der Waals surface area (Å²) in [7, 11) is 2.98. The first-order chi connectivity index (χ1) is 14.0. The van der Waals surface area contributed by atoms with Crippen LogP contribution in [0.1, 0.15) is 15.9 Å². The number of hydrogen-bond acceptors (Lipinski definition) is 6. The van der Waals surface area contributed by atoms with Gasteiger partial charge in [-0.1, -0.05) is 23.7 Å². The first-order valence-corrected chi connectivity index (χ1v) is 10.8. The number of nitrogens with zero attached hydrogens (tertiary/aromatic N) is 2. The highest BCUT2D eigenvalue weighted by atomic mass is 35.5. The van der Waals surface area contributed by atoms with E-state index in [4.69, 9.17) is 16.3 Å². The fourth-order valence-electron chi connectivity index (χ4n) is 2.52. The van der Waals surface area contributed by atoms with Gasteiger partial charge < -0.3 is 14.5 Å². The summed E-state index contributed by atoms with van der Waals surface area (Å²) in [5.74, 6) is -1.29. The number of ether oxygens (including phenoxy) is 1. The van der Waals surface area contributed by atoms with E-state index in [1.807, 2.05) is 43.3 Å². The van der Waals surface area contributed by atoms with Gasteiger partial charge in [-0.15, -0.1) is 0 Å². The topological polar surface area (TPSA) is 96.0 Å². The van der Waals surface area contributed by atoms with Crippen LogP contribution in [0.4, 0.5) is 5.69 Å². The quantitative estimate of drug-likeness (QED) is 0.615. The number of nitrogens with one attached hydrogen (secondary N) is 1. The maximum absolute atomic E-state index is 12.3. The molecule has 0 aliphatic carbocycles. The second-order valence-electron chi connectivity index (χ2n) is 6.74. The molecule has 162 valence electrons. The predicted octanol–water partition coefficient (Wildman–Crippen LogP) is 2.13. The molecule has 0 spiro atoms.